The molecule has 20 heavy (non-hydrogen) atoms. The minimum absolute atomic E-state index is 0.191. The summed E-state index contributed by atoms with van der Waals surface area (Å²) in [5.41, 5.74) is 0. The van der Waals surface area contributed by atoms with Gasteiger partial charge in [0.05, 0.1) is 11.8 Å². The van der Waals surface area contributed by atoms with Crippen molar-refractivity contribution in [3.05, 3.63) is 0 Å². The van der Waals surface area contributed by atoms with Crippen LogP contribution in [0.1, 0.15) is 45.4 Å². The molecule has 3 unspecified atom stereocenters. The lowest BCUT2D eigenvalue weighted by Gasteiger charge is -2.28. The zero-order valence-corrected chi connectivity index (χ0v) is 11.7. The van der Waals surface area contributed by atoms with Gasteiger partial charge >= 0.3 is 5.97 Å². The number of carbonyl (C=O) groups is 3. The normalized spacial score (nSPS) is 27.4. The van der Waals surface area contributed by atoms with Crippen LogP contribution >= 0.6 is 0 Å². The average molecular weight is 282 g/mol. The first-order valence-electron chi connectivity index (χ1n) is 7.32. The summed E-state index contributed by atoms with van der Waals surface area (Å²) in [5.74, 6) is -2.56. The molecule has 0 spiro atoms. The first kappa shape index (κ1) is 14.8. The van der Waals surface area contributed by atoms with Gasteiger partial charge in [-0.2, -0.15) is 0 Å². The molecule has 6 heteroatoms. The molecule has 0 aromatic rings. The van der Waals surface area contributed by atoms with E-state index in [1.807, 2.05) is 0 Å². The molecule has 0 aromatic carbocycles. The molecule has 0 radical (unpaired) electrons. The Morgan fingerprint density at radius 2 is 1.65 bits per heavy atom. The zero-order valence-electron chi connectivity index (χ0n) is 11.7. The largest absolute Gasteiger partial charge is 0.481 e. The third kappa shape index (κ3) is 3.71. The number of hydrogen-bond donors (Lipinski definition) is 3. The number of carbonyl (C=O) groups excluding carboxylic acids is 2. The van der Waals surface area contributed by atoms with Crippen LogP contribution in [-0.2, 0) is 14.4 Å². The predicted molar refractivity (Wildman–Crippen MR) is 71.9 cm³/mol. The van der Waals surface area contributed by atoms with Gasteiger partial charge in [-0.15, -0.1) is 0 Å². The van der Waals surface area contributed by atoms with Crippen LogP contribution in [-0.4, -0.2) is 35.0 Å². The van der Waals surface area contributed by atoms with E-state index in [2.05, 4.69) is 10.6 Å². The van der Waals surface area contributed by atoms with E-state index in [-0.39, 0.29) is 17.9 Å². The van der Waals surface area contributed by atoms with Gasteiger partial charge in [0.15, 0.2) is 0 Å². The highest BCUT2D eigenvalue weighted by Gasteiger charge is 2.36. The van der Waals surface area contributed by atoms with Crippen LogP contribution in [0.15, 0.2) is 0 Å². The van der Waals surface area contributed by atoms with E-state index in [1.54, 1.807) is 6.92 Å². The number of aliphatic carboxylic acids is 1. The van der Waals surface area contributed by atoms with Crippen molar-refractivity contribution in [2.24, 2.45) is 11.8 Å². The second kappa shape index (κ2) is 6.24. The van der Waals surface area contributed by atoms with E-state index in [1.165, 1.54) is 0 Å². The summed E-state index contributed by atoms with van der Waals surface area (Å²) in [6.07, 6.45) is 4.82. The topological polar surface area (TPSA) is 95.5 Å². The summed E-state index contributed by atoms with van der Waals surface area (Å²) in [6.45, 7) is 1.63. The van der Waals surface area contributed by atoms with Gasteiger partial charge in [0.2, 0.25) is 11.8 Å². The van der Waals surface area contributed by atoms with Crippen molar-refractivity contribution in [2.75, 3.05) is 0 Å². The maximum absolute atomic E-state index is 12.2. The Kier molecular flexibility index (Phi) is 4.62. The standard InChI is InChI=1S/C14H22N2O4/c1-8(12(17)16-9-6-7-9)15-13(18)10-4-2-3-5-11(10)14(19)20/h8-11H,2-7H2,1H3,(H,15,18)(H,16,17)(H,19,20). The van der Waals surface area contributed by atoms with E-state index in [0.29, 0.717) is 12.8 Å². The van der Waals surface area contributed by atoms with E-state index in [9.17, 15) is 14.4 Å². The van der Waals surface area contributed by atoms with Gasteiger partial charge in [-0.3, -0.25) is 14.4 Å². The maximum atomic E-state index is 12.2. The number of rotatable bonds is 5. The molecule has 6 nitrogen and oxygen atoms in total. The van der Waals surface area contributed by atoms with Gasteiger partial charge in [-0.05, 0) is 32.6 Å². The van der Waals surface area contributed by atoms with Crippen LogP contribution in [0.5, 0.6) is 0 Å². The lowest BCUT2D eigenvalue weighted by molar-refractivity contribution is -0.149. The van der Waals surface area contributed by atoms with Crippen molar-refractivity contribution in [3.63, 3.8) is 0 Å². The second-order valence-corrected chi connectivity index (χ2v) is 5.85. The molecule has 0 heterocycles. The van der Waals surface area contributed by atoms with Gasteiger partial charge in [0, 0.05) is 6.04 Å². The lowest BCUT2D eigenvalue weighted by atomic mass is 9.78. The summed E-state index contributed by atoms with van der Waals surface area (Å²) in [6, 6.07) is -0.359. The van der Waals surface area contributed by atoms with Crippen molar-refractivity contribution in [3.8, 4) is 0 Å². The van der Waals surface area contributed by atoms with Gasteiger partial charge < -0.3 is 15.7 Å². The number of nitrogens with one attached hydrogen (secondary N) is 2. The number of carboxylic acid groups (broad SMARTS) is 1. The van der Waals surface area contributed by atoms with E-state index < -0.39 is 23.8 Å². The van der Waals surface area contributed by atoms with Gasteiger partial charge in [-0.1, -0.05) is 12.8 Å². The minimum atomic E-state index is -0.917. The van der Waals surface area contributed by atoms with Crippen LogP contribution in [0, 0.1) is 11.8 Å². The summed E-state index contributed by atoms with van der Waals surface area (Å²) >= 11 is 0. The minimum Gasteiger partial charge on any atom is -0.481 e. The molecule has 3 N–H and O–H groups in total. The Morgan fingerprint density at radius 3 is 2.20 bits per heavy atom. The third-order valence-corrected chi connectivity index (χ3v) is 4.10. The summed E-state index contributed by atoms with van der Waals surface area (Å²) in [4.78, 5) is 35.1. The first-order valence-corrected chi connectivity index (χ1v) is 7.32. The molecule has 2 aliphatic rings. The maximum Gasteiger partial charge on any atom is 0.307 e. The molecule has 2 saturated carbocycles. The molecular formula is C14H22N2O4. The molecule has 0 aliphatic heterocycles. The summed E-state index contributed by atoms with van der Waals surface area (Å²) in [7, 11) is 0. The smallest absolute Gasteiger partial charge is 0.307 e. The quantitative estimate of drug-likeness (QED) is 0.690. The molecule has 2 amide bonds. The molecular weight excluding hydrogens is 260 g/mol. The van der Waals surface area contributed by atoms with Crippen molar-refractivity contribution in [1.29, 1.82) is 0 Å². The Morgan fingerprint density at radius 1 is 1.05 bits per heavy atom. The third-order valence-electron chi connectivity index (χ3n) is 4.10. The Labute approximate surface area is 118 Å². The molecule has 2 rings (SSSR count). The van der Waals surface area contributed by atoms with Crippen LogP contribution in [0.4, 0.5) is 0 Å². The average Bonchev–Trinajstić information content (AvgIpc) is 3.22. The van der Waals surface area contributed by atoms with Crippen LogP contribution < -0.4 is 10.6 Å². The number of amides is 2. The zero-order chi connectivity index (χ0) is 14.7. The molecule has 0 saturated heterocycles. The van der Waals surface area contributed by atoms with Gasteiger partial charge in [0.1, 0.15) is 6.04 Å². The summed E-state index contributed by atoms with van der Waals surface area (Å²) in [5, 5.41) is 14.6. The Balaban J connectivity index is 1.88. The van der Waals surface area contributed by atoms with Crippen molar-refractivity contribution < 1.29 is 19.5 Å². The highest BCUT2D eigenvalue weighted by Crippen LogP contribution is 2.30. The van der Waals surface area contributed by atoms with Crippen LogP contribution in [0.2, 0.25) is 0 Å². The van der Waals surface area contributed by atoms with Gasteiger partial charge in [-0.25, -0.2) is 0 Å². The Hall–Kier alpha value is -1.59. The number of carboxylic acids is 1. The molecule has 112 valence electrons. The highest BCUT2D eigenvalue weighted by atomic mass is 16.4. The van der Waals surface area contributed by atoms with Crippen molar-refractivity contribution in [1.82, 2.24) is 10.6 Å². The lowest BCUT2D eigenvalue weighted by Crippen LogP contribution is -2.49. The molecule has 0 bridgehead atoms. The fourth-order valence-corrected chi connectivity index (χ4v) is 2.68. The SMILES string of the molecule is CC(NC(=O)C1CCCCC1C(=O)O)C(=O)NC1CC1. The molecule has 3 atom stereocenters. The first-order chi connectivity index (χ1) is 9.49. The second-order valence-electron chi connectivity index (χ2n) is 5.85. The predicted octanol–water partition coefficient (Wildman–Crippen LogP) is 0.661. The fourth-order valence-electron chi connectivity index (χ4n) is 2.68. The van der Waals surface area contributed by atoms with E-state index >= 15 is 0 Å². The number of hydrogen-bond acceptors (Lipinski definition) is 3. The Bertz CT molecular complexity index is 406. The van der Waals surface area contributed by atoms with Gasteiger partial charge in [0.25, 0.3) is 0 Å². The van der Waals surface area contributed by atoms with Crippen molar-refractivity contribution in [2.45, 2.75) is 57.5 Å². The molecule has 2 fully saturated rings. The highest BCUT2D eigenvalue weighted by molar-refractivity contribution is 5.90. The molecule has 0 aromatic heterocycles. The van der Waals surface area contributed by atoms with Crippen LogP contribution in [0.25, 0.3) is 0 Å². The summed E-state index contributed by atoms with van der Waals surface area (Å²) < 4.78 is 0. The van der Waals surface area contributed by atoms with Crippen molar-refractivity contribution >= 4 is 17.8 Å². The van der Waals surface area contributed by atoms with Crippen LogP contribution in [0.3, 0.4) is 0 Å². The van der Waals surface area contributed by atoms with E-state index in [4.69, 9.17) is 5.11 Å². The monoisotopic (exact) mass is 282 g/mol. The van der Waals surface area contributed by atoms with E-state index in [0.717, 1.165) is 25.7 Å². The molecule has 2 aliphatic carbocycles. The fraction of sp³-hybridized carbons (Fsp3) is 0.786.